The molecule has 2 aromatic carbocycles. The zero-order valence-corrected chi connectivity index (χ0v) is 19.8. The van der Waals surface area contributed by atoms with Crippen LogP contribution in [0, 0.1) is 0 Å². The van der Waals surface area contributed by atoms with Crippen LogP contribution >= 0.6 is 0 Å². The van der Waals surface area contributed by atoms with Gasteiger partial charge in [0.05, 0.1) is 19.1 Å². The van der Waals surface area contributed by atoms with Gasteiger partial charge in [0.1, 0.15) is 6.04 Å². The normalized spacial score (nSPS) is 16.3. The molecule has 0 unspecified atom stereocenters. The topological polar surface area (TPSA) is 84.9 Å². The number of nitrogens with zero attached hydrogens (tertiary/aromatic N) is 1. The van der Waals surface area contributed by atoms with E-state index in [2.05, 4.69) is 12.2 Å². The second kappa shape index (κ2) is 10.8. The second-order valence-corrected chi connectivity index (χ2v) is 9.80. The van der Waals surface area contributed by atoms with Gasteiger partial charge in [-0.2, -0.15) is 4.31 Å². The van der Waals surface area contributed by atoms with E-state index in [1.54, 1.807) is 6.07 Å². The third-order valence-corrected chi connectivity index (χ3v) is 7.65. The van der Waals surface area contributed by atoms with E-state index in [1.165, 1.54) is 30.7 Å². The first-order valence-electron chi connectivity index (χ1n) is 11.0. The standard InChI is InChI=1S/C24H32N2O5S/c1-4-5-6-9-14-25-24(27)21-15-18-10-7-8-11-19(18)17-26(21)32(28,29)20-12-13-22(30-2)23(16-20)31-3/h7-8,10-13,16,21H,4-6,9,14-15,17H2,1-3H3,(H,25,27)/t21-/m0/s1. The van der Waals surface area contributed by atoms with Crippen LogP contribution in [0.15, 0.2) is 47.4 Å². The fourth-order valence-corrected chi connectivity index (χ4v) is 5.55. The molecule has 1 heterocycles. The maximum atomic E-state index is 13.6. The van der Waals surface area contributed by atoms with Crippen molar-refractivity contribution in [1.82, 2.24) is 9.62 Å². The van der Waals surface area contributed by atoms with Gasteiger partial charge in [-0.05, 0) is 36.1 Å². The summed E-state index contributed by atoms with van der Waals surface area (Å²) in [4.78, 5) is 13.2. The molecule has 1 amide bonds. The fraction of sp³-hybridized carbons (Fsp3) is 0.458. The summed E-state index contributed by atoms with van der Waals surface area (Å²) in [6.45, 7) is 2.82. The smallest absolute Gasteiger partial charge is 0.244 e. The van der Waals surface area contributed by atoms with Crippen LogP contribution in [0.1, 0.15) is 43.7 Å². The number of sulfonamides is 1. The fourth-order valence-electron chi connectivity index (χ4n) is 3.97. The van der Waals surface area contributed by atoms with E-state index in [0.29, 0.717) is 24.5 Å². The first kappa shape index (κ1) is 24.1. The molecule has 7 nitrogen and oxygen atoms in total. The highest BCUT2D eigenvalue weighted by atomic mass is 32.2. The molecule has 1 N–H and O–H groups in total. The summed E-state index contributed by atoms with van der Waals surface area (Å²) >= 11 is 0. The Bertz CT molecular complexity index is 1040. The van der Waals surface area contributed by atoms with Crippen LogP contribution in [0.3, 0.4) is 0 Å². The third kappa shape index (κ3) is 5.24. The summed E-state index contributed by atoms with van der Waals surface area (Å²) in [5.74, 6) is 0.500. The average Bonchev–Trinajstić information content (AvgIpc) is 2.82. The number of benzene rings is 2. The van der Waals surface area contributed by atoms with Gasteiger partial charge in [-0.1, -0.05) is 50.5 Å². The number of hydrogen-bond acceptors (Lipinski definition) is 5. The number of amides is 1. The minimum absolute atomic E-state index is 0.0651. The van der Waals surface area contributed by atoms with Crippen molar-refractivity contribution in [3.8, 4) is 11.5 Å². The molecule has 0 aromatic heterocycles. The Morgan fingerprint density at radius 3 is 2.44 bits per heavy atom. The molecular formula is C24H32N2O5S. The molecule has 8 heteroatoms. The number of nitrogens with one attached hydrogen (secondary N) is 1. The van der Waals surface area contributed by atoms with E-state index < -0.39 is 16.1 Å². The Balaban J connectivity index is 1.90. The Kier molecular flexibility index (Phi) is 8.15. The number of carbonyl (C=O) groups is 1. The second-order valence-electron chi connectivity index (χ2n) is 7.91. The van der Waals surface area contributed by atoms with E-state index in [4.69, 9.17) is 9.47 Å². The van der Waals surface area contributed by atoms with Gasteiger partial charge >= 0.3 is 0 Å². The molecule has 2 aromatic rings. The Morgan fingerprint density at radius 1 is 1.03 bits per heavy atom. The Morgan fingerprint density at radius 2 is 1.75 bits per heavy atom. The van der Waals surface area contributed by atoms with Gasteiger partial charge in [-0.25, -0.2) is 8.42 Å². The van der Waals surface area contributed by atoms with Crippen LogP contribution in [-0.2, 0) is 27.8 Å². The minimum atomic E-state index is -3.96. The van der Waals surface area contributed by atoms with Crippen molar-refractivity contribution >= 4 is 15.9 Å². The average molecular weight is 461 g/mol. The number of rotatable bonds is 10. The highest BCUT2D eigenvalue weighted by Crippen LogP contribution is 2.34. The van der Waals surface area contributed by atoms with E-state index in [9.17, 15) is 13.2 Å². The zero-order valence-electron chi connectivity index (χ0n) is 19.0. The van der Waals surface area contributed by atoms with Crippen molar-refractivity contribution in [2.45, 2.75) is 56.5 Å². The number of fused-ring (bicyclic) bond motifs is 1. The maximum absolute atomic E-state index is 13.6. The maximum Gasteiger partial charge on any atom is 0.244 e. The van der Waals surface area contributed by atoms with Gasteiger partial charge in [0.2, 0.25) is 15.9 Å². The molecule has 0 spiro atoms. The van der Waals surface area contributed by atoms with Gasteiger partial charge < -0.3 is 14.8 Å². The van der Waals surface area contributed by atoms with Crippen molar-refractivity contribution < 1.29 is 22.7 Å². The Hall–Kier alpha value is -2.58. The summed E-state index contributed by atoms with van der Waals surface area (Å²) in [6, 6.07) is 11.3. The molecule has 32 heavy (non-hydrogen) atoms. The molecule has 1 atom stereocenters. The van der Waals surface area contributed by atoms with Crippen LogP contribution in [0.25, 0.3) is 0 Å². The molecule has 1 aliphatic rings. The number of methoxy groups -OCH3 is 2. The van der Waals surface area contributed by atoms with Gasteiger partial charge in [0.15, 0.2) is 11.5 Å². The molecular weight excluding hydrogens is 428 g/mol. The summed E-state index contributed by atoms with van der Waals surface area (Å²) in [6.07, 6.45) is 4.49. The van der Waals surface area contributed by atoms with E-state index in [0.717, 1.165) is 36.8 Å². The van der Waals surface area contributed by atoms with Crippen LogP contribution in [0.2, 0.25) is 0 Å². The molecule has 0 saturated heterocycles. The summed E-state index contributed by atoms with van der Waals surface area (Å²) in [5.41, 5.74) is 1.90. The first-order chi connectivity index (χ1) is 15.4. The lowest BCUT2D eigenvalue weighted by atomic mass is 9.95. The van der Waals surface area contributed by atoms with Crippen LogP contribution in [0.5, 0.6) is 11.5 Å². The number of hydrogen-bond donors (Lipinski definition) is 1. The van der Waals surface area contributed by atoms with Gasteiger partial charge in [-0.3, -0.25) is 4.79 Å². The molecule has 174 valence electrons. The monoisotopic (exact) mass is 460 g/mol. The lowest BCUT2D eigenvalue weighted by molar-refractivity contribution is -0.125. The zero-order chi connectivity index (χ0) is 23.1. The number of carbonyl (C=O) groups excluding carboxylic acids is 1. The summed E-state index contributed by atoms with van der Waals surface area (Å²) in [5, 5.41) is 2.95. The predicted molar refractivity (Wildman–Crippen MR) is 123 cm³/mol. The van der Waals surface area contributed by atoms with Crippen LogP contribution in [-0.4, -0.2) is 45.4 Å². The highest BCUT2D eigenvalue weighted by Gasteiger charge is 2.39. The SMILES string of the molecule is CCCCCCNC(=O)[C@@H]1Cc2ccccc2CN1S(=O)(=O)c1ccc(OC)c(OC)c1. The highest BCUT2D eigenvalue weighted by molar-refractivity contribution is 7.89. The molecule has 0 saturated carbocycles. The minimum Gasteiger partial charge on any atom is -0.493 e. The summed E-state index contributed by atoms with van der Waals surface area (Å²) in [7, 11) is -1.01. The van der Waals surface area contributed by atoms with Crippen molar-refractivity contribution in [3.63, 3.8) is 0 Å². The van der Waals surface area contributed by atoms with E-state index in [-0.39, 0.29) is 17.3 Å². The summed E-state index contributed by atoms with van der Waals surface area (Å²) < 4.78 is 39.1. The molecule has 0 radical (unpaired) electrons. The van der Waals surface area contributed by atoms with Gasteiger partial charge in [-0.15, -0.1) is 0 Å². The molecule has 3 rings (SSSR count). The molecule has 0 bridgehead atoms. The lowest BCUT2D eigenvalue weighted by Gasteiger charge is -2.35. The molecule has 1 aliphatic heterocycles. The van der Waals surface area contributed by atoms with E-state index >= 15 is 0 Å². The van der Waals surface area contributed by atoms with Gasteiger partial charge in [0, 0.05) is 19.2 Å². The molecule has 0 fully saturated rings. The van der Waals surface area contributed by atoms with Crippen molar-refractivity contribution in [2.75, 3.05) is 20.8 Å². The third-order valence-electron chi connectivity index (χ3n) is 5.80. The van der Waals surface area contributed by atoms with E-state index in [1.807, 2.05) is 24.3 Å². The van der Waals surface area contributed by atoms with Crippen molar-refractivity contribution in [3.05, 3.63) is 53.6 Å². The Labute approximate surface area is 190 Å². The van der Waals surface area contributed by atoms with Crippen molar-refractivity contribution in [1.29, 1.82) is 0 Å². The van der Waals surface area contributed by atoms with Gasteiger partial charge in [0.25, 0.3) is 0 Å². The molecule has 0 aliphatic carbocycles. The quantitative estimate of drug-likeness (QED) is 0.549. The largest absolute Gasteiger partial charge is 0.493 e. The lowest BCUT2D eigenvalue weighted by Crippen LogP contribution is -2.52. The van der Waals surface area contributed by atoms with Crippen LogP contribution < -0.4 is 14.8 Å². The number of ether oxygens (including phenoxy) is 2. The van der Waals surface area contributed by atoms with Crippen LogP contribution in [0.4, 0.5) is 0 Å². The van der Waals surface area contributed by atoms with Crippen molar-refractivity contribution in [2.24, 2.45) is 0 Å². The first-order valence-corrected chi connectivity index (χ1v) is 12.4. The number of unbranched alkanes of at least 4 members (excludes halogenated alkanes) is 3. The predicted octanol–water partition coefficient (Wildman–Crippen LogP) is 3.52.